The molecule has 1 aliphatic rings. The predicted molar refractivity (Wildman–Crippen MR) is 133 cm³/mol. The lowest BCUT2D eigenvalue weighted by Crippen LogP contribution is -2.30. The Labute approximate surface area is 199 Å². The number of aromatic nitrogens is 3. The molecule has 1 aliphatic heterocycles. The van der Waals surface area contributed by atoms with Crippen LogP contribution >= 0.6 is 0 Å². The van der Waals surface area contributed by atoms with Gasteiger partial charge in [-0.05, 0) is 49.1 Å². The number of carbonyl (C=O) groups excluding carboxylic acids is 1. The van der Waals surface area contributed by atoms with Crippen molar-refractivity contribution in [2.24, 2.45) is 0 Å². The highest BCUT2D eigenvalue weighted by Crippen LogP contribution is 2.46. The molecule has 0 saturated heterocycles. The smallest absolute Gasteiger partial charge is 0.310 e. The van der Waals surface area contributed by atoms with Gasteiger partial charge in [-0.1, -0.05) is 29.8 Å². The van der Waals surface area contributed by atoms with E-state index in [0.29, 0.717) is 11.7 Å². The van der Waals surface area contributed by atoms with Gasteiger partial charge in [0.05, 0.1) is 44.2 Å². The van der Waals surface area contributed by atoms with Crippen molar-refractivity contribution in [2.75, 3.05) is 25.7 Å². The molecule has 0 aliphatic carbocycles. The second kappa shape index (κ2) is 8.48. The number of nitrogens with zero attached hydrogens (tertiary/aromatic N) is 4. The highest BCUT2D eigenvalue weighted by atomic mass is 16.5. The highest BCUT2D eigenvalue weighted by molar-refractivity contribution is 6.08. The van der Waals surface area contributed by atoms with E-state index in [-0.39, 0.29) is 12.4 Å². The van der Waals surface area contributed by atoms with Gasteiger partial charge in [-0.25, -0.2) is 9.97 Å². The molecule has 2 aromatic heterocycles. The quantitative estimate of drug-likeness (QED) is 0.398. The monoisotopic (exact) mass is 456 g/mol. The van der Waals surface area contributed by atoms with E-state index in [1.165, 1.54) is 18.4 Å². The van der Waals surface area contributed by atoms with Crippen LogP contribution in [0.5, 0.6) is 5.75 Å². The standard InChI is InChI=1S/C27H28N4O3/c1-16-6-8-19(9-7-16)24-21(13-23(32)34-5)18(3)25-26-22(24)12-17(2)30(26)10-11-31(25)27-28-14-20(33-4)15-29-27/h6-9,12,14-15H,10-11,13H2,1-5H3. The van der Waals surface area contributed by atoms with Crippen molar-refractivity contribution in [3.05, 3.63) is 65.1 Å². The van der Waals surface area contributed by atoms with Crippen LogP contribution in [0.3, 0.4) is 0 Å². The molecule has 0 saturated carbocycles. The minimum absolute atomic E-state index is 0.190. The molecule has 0 fully saturated rings. The van der Waals surface area contributed by atoms with Crippen LogP contribution in [0.1, 0.15) is 22.4 Å². The lowest BCUT2D eigenvalue weighted by atomic mass is 9.88. The van der Waals surface area contributed by atoms with E-state index in [1.54, 1.807) is 19.5 Å². The molecule has 3 heterocycles. The second-order valence-corrected chi connectivity index (χ2v) is 8.72. The third-order valence-corrected chi connectivity index (χ3v) is 6.71. The number of hydrogen-bond acceptors (Lipinski definition) is 6. The van der Waals surface area contributed by atoms with Crippen molar-refractivity contribution in [1.82, 2.24) is 14.5 Å². The van der Waals surface area contributed by atoms with Gasteiger partial charge in [0.15, 0.2) is 5.75 Å². The van der Waals surface area contributed by atoms with E-state index in [9.17, 15) is 4.79 Å². The number of aryl methyl sites for hydroxylation is 2. The number of benzene rings is 2. The molecule has 2 aromatic carbocycles. The fourth-order valence-electron chi connectivity index (χ4n) is 4.97. The maximum absolute atomic E-state index is 12.5. The van der Waals surface area contributed by atoms with Gasteiger partial charge in [0.25, 0.3) is 0 Å². The summed E-state index contributed by atoms with van der Waals surface area (Å²) in [5.41, 5.74) is 8.74. The fraction of sp³-hybridized carbons (Fsp3) is 0.296. The zero-order chi connectivity index (χ0) is 24.0. The number of rotatable bonds is 5. The Kier molecular flexibility index (Phi) is 5.48. The van der Waals surface area contributed by atoms with Crippen molar-refractivity contribution in [1.29, 1.82) is 0 Å². The van der Waals surface area contributed by atoms with Gasteiger partial charge in [-0.3, -0.25) is 4.79 Å². The summed E-state index contributed by atoms with van der Waals surface area (Å²) in [5, 5.41) is 1.12. The van der Waals surface area contributed by atoms with Gasteiger partial charge >= 0.3 is 5.97 Å². The van der Waals surface area contributed by atoms with Crippen LogP contribution in [0.4, 0.5) is 11.6 Å². The lowest BCUT2D eigenvalue weighted by molar-refractivity contribution is -0.139. The van der Waals surface area contributed by atoms with Gasteiger partial charge < -0.3 is 18.9 Å². The summed E-state index contributed by atoms with van der Waals surface area (Å²) in [6, 6.07) is 10.7. The minimum atomic E-state index is -0.262. The number of hydrogen-bond donors (Lipinski definition) is 0. The van der Waals surface area contributed by atoms with Crippen molar-refractivity contribution in [3.8, 4) is 16.9 Å². The summed E-state index contributed by atoms with van der Waals surface area (Å²) >= 11 is 0. The normalized spacial score (nSPS) is 12.8. The maximum Gasteiger partial charge on any atom is 0.310 e. The summed E-state index contributed by atoms with van der Waals surface area (Å²) in [6.07, 6.45) is 3.56. The Bertz CT molecular complexity index is 1390. The maximum atomic E-state index is 12.5. The van der Waals surface area contributed by atoms with Crippen LogP contribution in [0.15, 0.2) is 42.7 Å². The summed E-state index contributed by atoms with van der Waals surface area (Å²) in [7, 11) is 3.04. The molecule has 0 unspecified atom stereocenters. The molecule has 0 N–H and O–H groups in total. The third-order valence-electron chi connectivity index (χ3n) is 6.71. The molecule has 7 heteroatoms. The fourth-order valence-corrected chi connectivity index (χ4v) is 4.97. The van der Waals surface area contributed by atoms with E-state index in [0.717, 1.165) is 51.9 Å². The summed E-state index contributed by atoms with van der Waals surface area (Å²) in [4.78, 5) is 23.8. The van der Waals surface area contributed by atoms with Gasteiger partial charge in [0, 0.05) is 24.2 Å². The topological polar surface area (TPSA) is 69.5 Å². The largest absolute Gasteiger partial charge is 0.494 e. The molecular formula is C27H28N4O3. The third kappa shape index (κ3) is 3.48. The average molecular weight is 457 g/mol. The number of carbonyl (C=O) groups is 1. The van der Waals surface area contributed by atoms with Crippen molar-refractivity contribution in [2.45, 2.75) is 33.7 Å². The van der Waals surface area contributed by atoms with E-state index >= 15 is 0 Å². The average Bonchev–Trinajstić information content (AvgIpc) is 3.19. The van der Waals surface area contributed by atoms with Crippen LogP contribution in [0.2, 0.25) is 0 Å². The zero-order valence-electron chi connectivity index (χ0n) is 20.2. The number of methoxy groups -OCH3 is 2. The van der Waals surface area contributed by atoms with Crippen molar-refractivity contribution >= 4 is 28.5 Å². The molecule has 0 radical (unpaired) electrons. The molecule has 7 nitrogen and oxygen atoms in total. The van der Waals surface area contributed by atoms with E-state index < -0.39 is 0 Å². The molecule has 0 amide bonds. The molecule has 0 bridgehead atoms. The molecule has 0 atom stereocenters. The Morgan fingerprint density at radius 3 is 2.38 bits per heavy atom. The molecular weight excluding hydrogens is 428 g/mol. The van der Waals surface area contributed by atoms with Crippen LogP contribution in [-0.2, 0) is 22.5 Å². The van der Waals surface area contributed by atoms with Crippen LogP contribution in [0, 0.1) is 20.8 Å². The molecule has 34 heavy (non-hydrogen) atoms. The SMILES string of the molecule is COC(=O)Cc1c(C)c2c3c(cc(C)n3CCN2c2ncc(OC)cn2)c1-c1ccc(C)cc1. The van der Waals surface area contributed by atoms with Crippen LogP contribution < -0.4 is 9.64 Å². The van der Waals surface area contributed by atoms with Gasteiger partial charge in [0.2, 0.25) is 5.95 Å². The Morgan fingerprint density at radius 1 is 1.03 bits per heavy atom. The van der Waals surface area contributed by atoms with Crippen molar-refractivity contribution in [3.63, 3.8) is 0 Å². The van der Waals surface area contributed by atoms with Crippen LogP contribution in [-0.4, -0.2) is 41.3 Å². The number of anilines is 2. The predicted octanol–water partition coefficient (Wildman–Crippen LogP) is 4.90. The molecule has 5 rings (SSSR count). The van der Waals surface area contributed by atoms with Gasteiger partial charge in [-0.2, -0.15) is 0 Å². The highest BCUT2D eigenvalue weighted by Gasteiger charge is 2.30. The molecule has 4 aromatic rings. The zero-order valence-corrected chi connectivity index (χ0v) is 20.2. The Morgan fingerprint density at radius 2 is 1.74 bits per heavy atom. The van der Waals surface area contributed by atoms with Gasteiger partial charge in [0.1, 0.15) is 0 Å². The van der Waals surface area contributed by atoms with E-state index in [2.05, 4.69) is 70.5 Å². The first-order valence-corrected chi connectivity index (χ1v) is 11.4. The van der Waals surface area contributed by atoms with E-state index in [4.69, 9.17) is 9.47 Å². The summed E-state index contributed by atoms with van der Waals surface area (Å²) in [6.45, 7) is 7.85. The second-order valence-electron chi connectivity index (χ2n) is 8.72. The summed E-state index contributed by atoms with van der Waals surface area (Å²) < 4.78 is 12.7. The van der Waals surface area contributed by atoms with Gasteiger partial charge in [-0.15, -0.1) is 0 Å². The lowest BCUT2D eigenvalue weighted by Gasteiger charge is -2.33. The molecule has 0 spiro atoms. The van der Waals surface area contributed by atoms with Crippen LogP contribution in [0.25, 0.3) is 22.0 Å². The van der Waals surface area contributed by atoms with E-state index in [1.807, 2.05) is 0 Å². The summed E-state index contributed by atoms with van der Waals surface area (Å²) in [5.74, 6) is 0.965. The Balaban J connectivity index is 1.82. The van der Waals surface area contributed by atoms with Crippen molar-refractivity contribution < 1.29 is 14.3 Å². The number of esters is 1. The Hall–Kier alpha value is -3.87. The first kappa shape index (κ1) is 21.9. The number of ether oxygens (including phenoxy) is 2. The molecule has 174 valence electrons. The first-order chi connectivity index (χ1) is 16.4. The minimum Gasteiger partial charge on any atom is -0.494 e. The first-order valence-electron chi connectivity index (χ1n) is 11.4.